The van der Waals surface area contributed by atoms with E-state index in [0.717, 1.165) is 45.0 Å². The predicted molar refractivity (Wildman–Crippen MR) is 105 cm³/mol. The number of fused-ring (bicyclic) bond motifs is 1. The van der Waals surface area contributed by atoms with E-state index in [4.69, 9.17) is 0 Å². The van der Waals surface area contributed by atoms with E-state index < -0.39 is 0 Å². The van der Waals surface area contributed by atoms with Crippen molar-refractivity contribution in [2.24, 2.45) is 0 Å². The van der Waals surface area contributed by atoms with Crippen LogP contribution in [-0.4, -0.2) is 29.7 Å². The summed E-state index contributed by atoms with van der Waals surface area (Å²) in [7, 11) is 0. The molecule has 3 N–H and O–H groups in total. The van der Waals surface area contributed by atoms with E-state index in [1.807, 2.05) is 22.9 Å². The molecule has 7 heteroatoms. The topological polar surface area (TPSA) is 87.2 Å². The summed E-state index contributed by atoms with van der Waals surface area (Å²) in [6, 6.07) is 14.3. The lowest BCUT2D eigenvalue weighted by Crippen LogP contribution is -1.93. The van der Waals surface area contributed by atoms with Crippen LogP contribution in [0.25, 0.3) is 28.0 Å². The van der Waals surface area contributed by atoms with Crippen molar-refractivity contribution in [2.45, 2.75) is 6.92 Å². The zero-order valence-corrected chi connectivity index (χ0v) is 14.6. The van der Waals surface area contributed by atoms with Crippen LogP contribution in [0, 0.1) is 6.92 Å². The van der Waals surface area contributed by atoms with Gasteiger partial charge in [0.25, 0.3) is 0 Å². The van der Waals surface area contributed by atoms with Crippen LogP contribution in [0.3, 0.4) is 0 Å². The maximum Gasteiger partial charge on any atom is 0.152 e. The number of anilines is 2. The molecule has 0 fully saturated rings. The maximum absolute atomic E-state index is 4.39. The third kappa shape index (κ3) is 2.85. The zero-order chi connectivity index (χ0) is 18.2. The van der Waals surface area contributed by atoms with Crippen molar-refractivity contribution in [3.8, 4) is 16.9 Å². The molecule has 0 bridgehead atoms. The van der Waals surface area contributed by atoms with Crippen LogP contribution in [0.1, 0.15) is 5.56 Å². The van der Waals surface area contributed by atoms with E-state index in [-0.39, 0.29) is 0 Å². The molecule has 2 aromatic carbocycles. The summed E-state index contributed by atoms with van der Waals surface area (Å²) in [5, 5.41) is 10.9. The molecule has 3 aromatic heterocycles. The Morgan fingerprint density at radius 3 is 2.78 bits per heavy atom. The molecule has 0 radical (unpaired) electrons. The Balaban J connectivity index is 1.40. The number of hydrogen-bond donors (Lipinski definition) is 3. The molecule has 0 spiro atoms. The van der Waals surface area contributed by atoms with Crippen LogP contribution >= 0.6 is 0 Å². The first-order valence-electron chi connectivity index (χ1n) is 8.61. The van der Waals surface area contributed by atoms with Crippen molar-refractivity contribution in [1.29, 1.82) is 0 Å². The van der Waals surface area contributed by atoms with Crippen molar-refractivity contribution in [1.82, 2.24) is 29.7 Å². The molecule has 7 nitrogen and oxygen atoms in total. The number of hydrogen-bond acceptors (Lipinski definition) is 4. The number of benzene rings is 2. The molecule has 0 aliphatic rings. The van der Waals surface area contributed by atoms with Crippen molar-refractivity contribution in [2.75, 3.05) is 5.32 Å². The van der Waals surface area contributed by atoms with Gasteiger partial charge in [-0.3, -0.25) is 5.10 Å². The Labute approximate surface area is 155 Å². The largest absolute Gasteiger partial charge is 0.345 e. The lowest BCUT2D eigenvalue weighted by molar-refractivity contribution is 1.06. The van der Waals surface area contributed by atoms with Crippen molar-refractivity contribution < 1.29 is 0 Å². The Hall–Kier alpha value is -3.87. The maximum atomic E-state index is 4.39. The fourth-order valence-electron chi connectivity index (χ4n) is 3.12. The van der Waals surface area contributed by atoms with Gasteiger partial charge in [0.05, 0.1) is 29.4 Å². The molecule has 0 saturated carbocycles. The van der Waals surface area contributed by atoms with Gasteiger partial charge in [-0.2, -0.15) is 5.10 Å². The highest BCUT2D eigenvalue weighted by Gasteiger charge is 2.08. The summed E-state index contributed by atoms with van der Waals surface area (Å²) in [6.45, 7) is 2.06. The summed E-state index contributed by atoms with van der Waals surface area (Å²) >= 11 is 0. The lowest BCUT2D eigenvalue weighted by atomic mass is 10.1. The van der Waals surface area contributed by atoms with Gasteiger partial charge in [-0.1, -0.05) is 12.1 Å². The van der Waals surface area contributed by atoms with E-state index in [2.05, 4.69) is 67.7 Å². The predicted octanol–water partition coefficient (Wildman–Crippen LogP) is 4.19. The Morgan fingerprint density at radius 1 is 1.07 bits per heavy atom. The molecule has 3 heterocycles. The highest BCUT2D eigenvalue weighted by molar-refractivity contribution is 5.82. The summed E-state index contributed by atoms with van der Waals surface area (Å²) < 4.78 is 1.97. The van der Waals surface area contributed by atoms with Gasteiger partial charge in [-0.05, 0) is 42.3 Å². The van der Waals surface area contributed by atoms with Gasteiger partial charge in [-0.25, -0.2) is 9.97 Å². The first-order chi connectivity index (χ1) is 13.3. The van der Waals surface area contributed by atoms with Crippen molar-refractivity contribution in [3.05, 3.63) is 73.1 Å². The molecule has 0 saturated heterocycles. The fourth-order valence-corrected chi connectivity index (χ4v) is 3.12. The van der Waals surface area contributed by atoms with Gasteiger partial charge in [0.2, 0.25) is 0 Å². The highest BCUT2D eigenvalue weighted by Crippen LogP contribution is 2.26. The highest BCUT2D eigenvalue weighted by atomic mass is 15.2. The third-order valence-electron chi connectivity index (χ3n) is 4.59. The van der Waals surface area contributed by atoms with Crippen LogP contribution in [-0.2, 0) is 0 Å². The molecule has 0 amide bonds. The molecule has 5 rings (SSSR count). The van der Waals surface area contributed by atoms with E-state index in [0.29, 0.717) is 0 Å². The molecule has 132 valence electrons. The quantitative estimate of drug-likeness (QED) is 0.451. The normalized spacial score (nSPS) is 11.1. The third-order valence-corrected chi connectivity index (χ3v) is 4.59. The minimum absolute atomic E-state index is 0.765. The van der Waals surface area contributed by atoms with Gasteiger partial charge >= 0.3 is 0 Å². The zero-order valence-electron chi connectivity index (χ0n) is 14.6. The van der Waals surface area contributed by atoms with E-state index in [1.165, 1.54) is 0 Å². The van der Waals surface area contributed by atoms with Crippen LogP contribution in [0.2, 0.25) is 0 Å². The fraction of sp³-hybridized carbons (Fsp3) is 0.0500. The van der Waals surface area contributed by atoms with Crippen LogP contribution < -0.4 is 5.32 Å². The first kappa shape index (κ1) is 15.4. The van der Waals surface area contributed by atoms with Gasteiger partial charge in [0.15, 0.2) is 5.82 Å². The monoisotopic (exact) mass is 355 g/mol. The van der Waals surface area contributed by atoms with E-state index in [9.17, 15) is 0 Å². The van der Waals surface area contributed by atoms with Crippen molar-refractivity contribution in [3.63, 3.8) is 0 Å². The van der Waals surface area contributed by atoms with Crippen LogP contribution in [0.15, 0.2) is 67.5 Å². The van der Waals surface area contributed by atoms with Gasteiger partial charge < -0.3 is 14.9 Å². The number of rotatable bonds is 4. The molecule has 5 aromatic rings. The summed E-state index contributed by atoms with van der Waals surface area (Å²) in [5.74, 6) is 0.765. The first-order valence-corrected chi connectivity index (χ1v) is 8.61. The number of aromatic nitrogens is 6. The second-order valence-corrected chi connectivity index (χ2v) is 6.40. The number of nitrogens with one attached hydrogen (secondary N) is 3. The molecular weight excluding hydrogens is 338 g/mol. The minimum atomic E-state index is 0.765. The smallest absolute Gasteiger partial charge is 0.152 e. The SMILES string of the molecule is Cc1cc2[nH]cnc2cc1Nc1cc(-c2ccc(-n3ccnc3)cc2)[nH]n1. The summed E-state index contributed by atoms with van der Waals surface area (Å²) in [4.78, 5) is 11.5. The van der Waals surface area contributed by atoms with E-state index in [1.54, 1.807) is 18.9 Å². The lowest BCUT2D eigenvalue weighted by Gasteiger charge is -2.06. The Kier molecular flexibility index (Phi) is 3.50. The second kappa shape index (κ2) is 6.14. The molecule has 27 heavy (non-hydrogen) atoms. The van der Waals surface area contributed by atoms with Crippen LogP contribution in [0.5, 0.6) is 0 Å². The van der Waals surface area contributed by atoms with E-state index >= 15 is 0 Å². The average molecular weight is 355 g/mol. The number of aromatic amines is 2. The number of imidazole rings is 2. The van der Waals surface area contributed by atoms with Crippen molar-refractivity contribution >= 4 is 22.5 Å². The summed E-state index contributed by atoms with van der Waals surface area (Å²) in [6.07, 6.45) is 7.18. The average Bonchev–Trinajstić information content (AvgIpc) is 3.44. The summed E-state index contributed by atoms with van der Waals surface area (Å²) in [5.41, 5.74) is 7.15. The molecule has 0 aliphatic heterocycles. The molecular formula is C20H17N7. The molecule has 0 unspecified atom stereocenters. The Bertz CT molecular complexity index is 1200. The standard InChI is InChI=1S/C20H17N7/c1-13-8-18-19(23-11-22-18)9-16(13)24-20-10-17(25-26-20)14-2-4-15(5-3-14)27-7-6-21-12-27/h2-12H,1H3,(H,22,23)(H2,24,25,26). The van der Waals surface area contributed by atoms with Gasteiger partial charge in [-0.15, -0.1) is 0 Å². The molecule has 0 aliphatic carbocycles. The van der Waals surface area contributed by atoms with Gasteiger partial charge in [0, 0.05) is 29.8 Å². The Morgan fingerprint density at radius 2 is 1.96 bits per heavy atom. The van der Waals surface area contributed by atoms with Crippen LogP contribution in [0.4, 0.5) is 11.5 Å². The second-order valence-electron chi connectivity index (χ2n) is 6.40. The number of H-pyrrole nitrogens is 2. The number of nitrogens with zero attached hydrogens (tertiary/aromatic N) is 4. The number of aryl methyl sites for hydroxylation is 1. The molecule has 0 atom stereocenters. The van der Waals surface area contributed by atoms with Gasteiger partial charge in [0.1, 0.15) is 0 Å². The minimum Gasteiger partial charge on any atom is -0.345 e.